The van der Waals surface area contributed by atoms with Gasteiger partial charge in [0.2, 0.25) is 0 Å². The number of methoxy groups -OCH3 is 1. The second-order valence-electron chi connectivity index (χ2n) is 4.66. The summed E-state index contributed by atoms with van der Waals surface area (Å²) in [6.07, 6.45) is 1.86. The third kappa shape index (κ3) is 2.69. The highest BCUT2D eigenvalue weighted by Gasteiger charge is 2.15. The van der Waals surface area contributed by atoms with Crippen LogP contribution in [-0.4, -0.2) is 44.6 Å². The summed E-state index contributed by atoms with van der Waals surface area (Å²) < 4.78 is 16.4. The maximum Gasteiger partial charge on any atom is 0.134 e. The number of anilines is 1. The molecule has 1 N–H and O–H groups in total. The van der Waals surface area contributed by atoms with Crippen molar-refractivity contribution in [3.05, 3.63) is 30.5 Å². The lowest BCUT2D eigenvalue weighted by atomic mass is 10.1. The number of hydrogen-bond donors (Lipinski definition) is 1. The molecule has 1 aliphatic rings. The van der Waals surface area contributed by atoms with Crippen LogP contribution < -0.4 is 10.1 Å². The molecule has 2 heterocycles. The molecule has 3 rings (SSSR count). The van der Waals surface area contributed by atoms with Gasteiger partial charge in [-0.25, -0.2) is 4.98 Å². The molecule has 0 aliphatic carbocycles. The first-order valence-electron chi connectivity index (χ1n) is 6.73. The zero-order valence-corrected chi connectivity index (χ0v) is 11.5. The molecule has 20 heavy (non-hydrogen) atoms. The van der Waals surface area contributed by atoms with Gasteiger partial charge in [-0.3, -0.25) is 0 Å². The number of ether oxygens (including phenoxy) is 3. The van der Waals surface area contributed by atoms with Gasteiger partial charge in [-0.05, 0) is 12.1 Å². The Labute approximate surface area is 117 Å². The van der Waals surface area contributed by atoms with E-state index < -0.39 is 0 Å². The van der Waals surface area contributed by atoms with Crippen LogP contribution in [0.2, 0.25) is 0 Å². The highest BCUT2D eigenvalue weighted by molar-refractivity contribution is 5.95. The first-order valence-corrected chi connectivity index (χ1v) is 6.73. The second-order valence-corrected chi connectivity index (χ2v) is 4.66. The largest absolute Gasteiger partial charge is 0.496 e. The number of nitrogens with zero attached hydrogens (tertiary/aromatic N) is 1. The number of nitrogens with one attached hydrogen (secondary N) is 1. The Kier molecular flexibility index (Phi) is 3.99. The summed E-state index contributed by atoms with van der Waals surface area (Å²) >= 11 is 0. The lowest BCUT2D eigenvalue weighted by molar-refractivity contribution is -0.0819. The van der Waals surface area contributed by atoms with E-state index in [0.717, 1.165) is 22.3 Å². The van der Waals surface area contributed by atoms with Crippen molar-refractivity contribution in [2.45, 2.75) is 6.10 Å². The molecule has 0 bridgehead atoms. The Hall–Kier alpha value is -1.85. The molecule has 0 saturated carbocycles. The van der Waals surface area contributed by atoms with Crippen molar-refractivity contribution in [1.82, 2.24) is 4.98 Å². The van der Waals surface area contributed by atoms with Crippen LogP contribution in [0.25, 0.3) is 10.8 Å². The Bertz CT molecular complexity index is 582. The lowest BCUT2D eigenvalue weighted by Gasteiger charge is -2.23. The number of benzene rings is 1. The second kappa shape index (κ2) is 6.07. The van der Waals surface area contributed by atoms with Gasteiger partial charge in [0.1, 0.15) is 11.6 Å². The molecule has 1 fully saturated rings. The number of pyridine rings is 1. The average molecular weight is 274 g/mol. The zero-order chi connectivity index (χ0) is 13.8. The highest BCUT2D eigenvalue weighted by atomic mass is 16.6. The van der Waals surface area contributed by atoms with E-state index >= 15 is 0 Å². The maximum atomic E-state index is 5.62. The molecule has 1 unspecified atom stereocenters. The summed E-state index contributed by atoms with van der Waals surface area (Å²) in [5.74, 6) is 1.70. The minimum absolute atomic E-state index is 0.0754. The summed E-state index contributed by atoms with van der Waals surface area (Å²) in [5.41, 5.74) is 0. The van der Waals surface area contributed by atoms with Gasteiger partial charge < -0.3 is 19.5 Å². The van der Waals surface area contributed by atoms with Gasteiger partial charge >= 0.3 is 0 Å². The van der Waals surface area contributed by atoms with Crippen LogP contribution in [0.3, 0.4) is 0 Å². The first-order chi connectivity index (χ1) is 9.88. The molecule has 0 amide bonds. The van der Waals surface area contributed by atoms with Crippen LogP contribution in [0.15, 0.2) is 30.5 Å². The van der Waals surface area contributed by atoms with E-state index in [-0.39, 0.29) is 6.10 Å². The van der Waals surface area contributed by atoms with Crippen LogP contribution in [-0.2, 0) is 9.47 Å². The van der Waals surface area contributed by atoms with Crippen molar-refractivity contribution in [2.24, 2.45) is 0 Å². The van der Waals surface area contributed by atoms with E-state index in [1.165, 1.54) is 0 Å². The quantitative estimate of drug-likeness (QED) is 0.925. The summed E-state index contributed by atoms with van der Waals surface area (Å²) in [7, 11) is 1.68. The molecule has 5 nitrogen and oxygen atoms in total. The van der Waals surface area contributed by atoms with Gasteiger partial charge in [-0.1, -0.05) is 12.1 Å². The fourth-order valence-corrected chi connectivity index (χ4v) is 2.36. The van der Waals surface area contributed by atoms with Crippen molar-refractivity contribution >= 4 is 16.6 Å². The van der Waals surface area contributed by atoms with Crippen LogP contribution in [0, 0.1) is 0 Å². The molecule has 1 aromatic carbocycles. The Morgan fingerprint density at radius 3 is 3.05 bits per heavy atom. The predicted octanol–water partition coefficient (Wildman–Crippen LogP) is 2.07. The van der Waals surface area contributed by atoms with E-state index in [2.05, 4.69) is 10.3 Å². The van der Waals surface area contributed by atoms with Crippen LogP contribution in [0.4, 0.5) is 5.82 Å². The highest BCUT2D eigenvalue weighted by Crippen LogP contribution is 2.28. The van der Waals surface area contributed by atoms with Crippen molar-refractivity contribution in [3.63, 3.8) is 0 Å². The Balaban J connectivity index is 1.80. The van der Waals surface area contributed by atoms with Gasteiger partial charge in [0.05, 0.1) is 33.0 Å². The third-order valence-corrected chi connectivity index (χ3v) is 3.37. The van der Waals surface area contributed by atoms with Crippen LogP contribution in [0.1, 0.15) is 0 Å². The first kappa shape index (κ1) is 13.1. The molecular weight excluding hydrogens is 256 g/mol. The molecule has 5 heteroatoms. The maximum absolute atomic E-state index is 5.62. The number of hydrogen-bond acceptors (Lipinski definition) is 5. The summed E-state index contributed by atoms with van der Waals surface area (Å²) in [4.78, 5) is 4.40. The summed E-state index contributed by atoms with van der Waals surface area (Å²) in [5, 5.41) is 5.43. The summed E-state index contributed by atoms with van der Waals surface area (Å²) in [6.45, 7) is 2.65. The van der Waals surface area contributed by atoms with Gasteiger partial charge in [0, 0.05) is 23.5 Å². The van der Waals surface area contributed by atoms with Gasteiger partial charge in [-0.2, -0.15) is 0 Å². The topological polar surface area (TPSA) is 52.6 Å². The third-order valence-electron chi connectivity index (χ3n) is 3.37. The number of fused-ring (bicyclic) bond motifs is 1. The Morgan fingerprint density at radius 2 is 2.25 bits per heavy atom. The average Bonchev–Trinajstić information content (AvgIpc) is 2.53. The normalized spacial score (nSPS) is 18.9. The summed E-state index contributed by atoms with van der Waals surface area (Å²) in [6, 6.07) is 7.91. The lowest BCUT2D eigenvalue weighted by Crippen LogP contribution is -2.34. The smallest absolute Gasteiger partial charge is 0.134 e. The van der Waals surface area contributed by atoms with Crippen molar-refractivity contribution < 1.29 is 14.2 Å². The zero-order valence-electron chi connectivity index (χ0n) is 11.5. The number of rotatable bonds is 4. The van der Waals surface area contributed by atoms with Gasteiger partial charge in [0.25, 0.3) is 0 Å². The molecule has 106 valence electrons. The van der Waals surface area contributed by atoms with E-state index in [4.69, 9.17) is 14.2 Å². The molecule has 1 aromatic heterocycles. The molecule has 1 aliphatic heterocycles. The van der Waals surface area contributed by atoms with Crippen molar-refractivity contribution in [1.29, 1.82) is 0 Å². The molecule has 1 atom stereocenters. The molecule has 0 spiro atoms. The molecule has 2 aromatic rings. The molecule has 0 radical (unpaired) electrons. The fourth-order valence-electron chi connectivity index (χ4n) is 2.36. The van der Waals surface area contributed by atoms with Crippen molar-refractivity contribution in [2.75, 3.05) is 38.8 Å². The van der Waals surface area contributed by atoms with Crippen molar-refractivity contribution in [3.8, 4) is 5.75 Å². The van der Waals surface area contributed by atoms with E-state index in [1.54, 1.807) is 13.3 Å². The van der Waals surface area contributed by atoms with E-state index in [9.17, 15) is 0 Å². The van der Waals surface area contributed by atoms with Gasteiger partial charge in [0.15, 0.2) is 0 Å². The molecular formula is C15H18N2O3. The monoisotopic (exact) mass is 274 g/mol. The van der Waals surface area contributed by atoms with E-state index in [1.807, 2.05) is 24.3 Å². The predicted molar refractivity (Wildman–Crippen MR) is 77.3 cm³/mol. The van der Waals surface area contributed by atoms with Crippen LogP contribution in [0.5, 0.6) is 5.75 Å². The Morgan fingerprint density at radius 1 is 1.30 bits per heavy atom. The SMILES string of the molecule is COc1cccc2c(NCC3COCCO3)nccc12. The minimum Gasteiger partial charge on any atom is -0.496 e. The number of aromatic nitrogens is 1. The van der Waals surface area contributed by atoms with E-state index in [0.29, 0.717) is 26.4 Å². The standard InChI is InChI=1S/C15H18N2O3/c1-18-14-4-2-3-13-12(14)5-6-16-15(13)17-9-11-10-19-7-8-20-11/h2-6,11H,7-10H2,1H3,(H,16,17). The molecule has 1 saturated heterocycles. The minimum atomic E-state index is 0.0754. The fraction of sp³-hybridized carbons (Fsp3) is 0.400. The van der Waals surface area contributed by atoms with Crippen LogP contribution >= 0.6 is 0 Å². The van der Waals surface area contributed by atoms with Gasteiger partial charge in [-0.15, -0.1) is 0 Å².